The minimum atomic E-state index is -0.287. The summed E-state index contributed by atoms with van der Waals surface area (Å²) in [7, 11) is 0. The topological polar surface area (TPSA) is 43.4 Å². The molecule has 1 aromatic heterocycles. The van der Waals surface area contributed by atoms with E-state index in [1.54, 1.807) is 11.8 Å². The van der Waals surface area contributed by atoms with E-state index < -0.39 is 0 Å². The van der Waals surface area contributed by atoms with Gasteiger partial charge in [0.15, 0.2) is 5.78 Å². The Morgan fingerprint density at radius 2 is 2.05 bits per heavy atom. The first-order chi connectivity index (χ1) is 10.3. The molecule has 0 radical (unpaired) electrons. The fraction of sp³-hybridized carbons (Fsp3) is 0.647. The smallest absolute Gasteiger partial charge is 0.348 e. The van der Waals surface area contributed by atoms with E-state index in [-0.39, 0.29) is 17.2 Å². The highest BCUT2D eigenvalue weighted by Crippen LogP contribution is 2.46. The van der Waals surface area contributed by atoms with Gasteiger partial charge in [0.25, 0.3) is 0 Å². The Morgan fingerprint density at radius 1 is 1.36 bits per heavy atom. The zero-order chi connectivity index (χ0) is 16.5. The third-order valence-electron chi connectivity index (χ3n) is 3.89. The Bertz CT molecular complexity index is 587. The summed E-state index contributed by atoms with van der Waals surface area (Å²) < 4.78 is 6.19. The first kappa shape index (κ1) is 17.5. The predicted octanol–water partition coefficient (Wildman–Crippen LogP) is 4.97. The van der Waals surface area contributed by atoms with Gasteiger partial charge >= 0.3 is 5.97 Å². The summed E-state index contributed by atoms with van der Waals surface area (Å²) in [4.78, 5) is 25.5. The fourth-order valence-corrected chi connectivity index (χ4v) is 5.45. The van der Waals surface area contributed by atoms with Crippen molar-refractivity contribution in [3.8, 4) is 0 Å². The van der Waals surface area contributed by atoms with Gasteiger partial charge in [0.1, 0.15) is 4.88 Å². The number of fused-ring (bicyclic) bond motifs is 1. The van der Waals surface area contributed by atoms with Crippen molar-refractivity contribution in [2.45, 2.75) is 63.3 Å². The van der Waals surface area contributed by atoms with Gasteiger partial charge in [-0.1, -0.05) is 27.7 Å². The molecule has 0 bridgehead atoms. The van der Waals surface area contributed by atoms with Gasteiger partial charge in [0.2, 0.25) is 0 Å². The van der Waals surface area contributed by atoms with Gasteiger partial charge in [-0.3, -0.25) is 4.79 Å². The molecule has 1 heterocycles. The van der Waals surface area contributed by atoms with E-state index in [1.807, 2.05) is 6.92 Å². The number of ketones is 1. The van der Waals surface area contributed by atoms with Crippen LogP contribution in [0.4, 0.5) is 0 Å². The number of thiophene rings is 1. The van der Waals surface area contributed by atoms with E-state index in [2.05, 4.69) is 27.7 Å². The van der Waals surface area contributed by atoms with Crippen LogP contribution in [-0.2, 0) is 11.2 Å². The van der Waals surface area contributed by atoms with Gasteiger partial charge in [0, 0.05) is 17.2 Å². The van der Waals surface area contributed by atoms with Crippen LogP contribution >= 0.6 is 23.1 Å². The fourth-order valence-electron chi connectivity index (χ4n) is 2.67. The highest BCUT2D eigenvalue weighted by atomic mass is 32.2. The standard InChI is InChI=1S/C17H24O3S2/c1-6-10(3)21-16-13-11(8-17(4,5)9-12(13)18)14(22-16)15(19)20-7-2/h10H,6-9H2,1-5H3/t10-/m0/s1. The van der Waals surface area contributed by atoms with Crippen molar-refractivity contribution >= 4 is 34.9 Å². The number of hydrogen-bond acceptors (Lipinski definition) is 5. The lowest BCUT2D eigenvalue weighted by Crippen LogP contribution is -2.27. The number of Topliss-reactive ketones (excluding diaryl/α,β-unsaturated/α-hetero) is 1. The monoisotopic (exact) mass is 340 g/mol. The Hall–Kier alpha value is -0.810. The van der Waals surface area contributed by atoms with E-state index in [0.717, 1.165) is 28.2 Å². The molecule has 2 rings (SSSR count). The predicted molar refractivity (Wildman–Crippen MR) is 92.3 cm³/mol. The molecule has 1 aliphatic carbocycles. The number of rotatable bonds is 5. The molecular formula is C17H24O3S2. The summed E-state index contributed by atoms with van der Waals surface area (Å²) >= 11 is 3.15. The van der Waals surface area contributed by atoms with Crippen LogP contribution in [0.1, 0.15) is 73.1 Å². The highest BCUT2D eigenvalue weighted by Gasteiger charge is 2.38. The van der Waals surface area contributed by atoms with Gasteiger partial charge < -0.3 is 4.74 Å². The van der Waals surface area contributed by atoms with Gasteiger partial charge in [-0.25, -0.2) is 4.79 Å². The van der Waals surface area contributed by atoms with Crippen molar-refractivity contribution in [2.24, 2.45) is 5.41 Å². The molecule has 0 amide bonds. The van der Waals surface area contributed by atoms with Crippen molar-refractivity contribution in [2.75, 3.05) is 6.61 Å². The van der Waals surface area contributed by atoms with Crippen molar-refractivity contribution in [3.63, 3.8) is 0 Å². The summed E-state index contributed by atoms with van der Waals surface area (Å²) in [6, 6.07) is 0. The molecule has 122 valence electrons. The SMILES string of the molecule is CCOC(=O)c1sc(S[C@@H](C)CC)c2c1CC(C)(C)CC2=O. The van der Waals surface area contributed by atoms with Crippen LogP contribution in [0.5, 0.6) is 0 Å². The molecule has 0 unspecified atom stereocenters. The number of carbonyl (C=O) groups excluding carboxylic acids is 2. The zero-order valence-corrected chi connectivity index (χ0v) is 15.6. The second kappa shape index (κ2) is 6.75. The average Bonchev–Trinajstić information content (AvgIpc) is 2.76. The first-order valence-electron chi connectivity index (χ1n) is 7.81. The lowest BCUT2D eigenvalue weighted by atomic mass is 9.74. The third kappa shape index (κ3) is 3.57. The minimum absolute atomic E-state index is 0.0925. The third-order valence-corrected chi connectivity index (χ3v) is 6.59. The van der Waals surface area contributed by atoms with E-state index in [4.69, 9.17) is 4.74 Å². The minimum Gasteiger partial charge on any atom is -0.462 e. The molecule has 5 heteroatoms. The number of hydrogen-bond donors (Lipinski definition) is 0. The molecule has 0 spiro atoms. The largest absolute Gasteiger partial charge is 0.462 e. The normalized spacial score (nSPS) is 18.0. The second-order valence-electron chi connectivity index (χ2n) is 6.57. The van der Waals surface area contributed by atoms with E-state index in [1.165, 1.54) is 11.3 Å². The van der Waals surface area contributed by atoms with Gasteiger partial charge in [-0.15, -0.1) is 23.1 Å². The van der Waals surface area contributed by atoms with E-state index in [9.17, 15) is 9.59 Å². The Balaban J connectivity index is 2.50. The maximum atomic E-state index is 12.6. The molecule has 0 saturated heterocycles. The van der Waals surface area contributed by atoms with Crippen molar-refractivity contribution in [1.82, 2.24) is 0 Å². The number of thioether (sulfide) groups is 1. The summed E-state index contributed by atoms with van der Waals surface area (Å²) in [6.45, 7) is 10.6. The zero-order valence-electron chi connectivity index (χ0n) is 13.9. The van der Waals surface area contributed by atoms with Crippen LogP contribution in [0.3, 0.4) is 0 Å². The second-order valence-corrected chi connectivity index (χ2v) is 9.30. The number of ether oxygens (including phenoxy) is 1. The molecule has 1 atom stereocenters. The molecule has 0 aliphatic heterocycles. The highest BCUT2D eigenvalue weighted by molar-refractivity contribution is 8.01. The summed E-state index contributed by atoms with van der Waals surface area (Å²) in [5.74, 6) is -0.117. The summed E-state index contributed by atoms with van der Waals surface area (Å²) in [5, 5.41) is 0.431. The van der Waals surface area contributed by atoms with Crippen molar-refractivity contribution < 1.29 is 14.3 Å². The molecule has 1 aromatic rings. The van der Waals surface area contributed by atoms with Crippen LogP contribution in [0, 0.1) is 5.41 Å². The molecule has 0 fully saturated rings. The average molecular weight is 341 g/mol. The van der Waals surface area contributed by atoms with Crippen LogP contribution in [0.15, 0.2) is 4.21 Å². The molecular weight excluding hydrogens is 316 g/mol. The van der Waals surface area contributed by atoms with Crippen LogP contribution < -0.4 is 0 Å². The summed E-state index contributed by atoms with van der Waals surface area (Å²) in [5.41, 5.74) is 1.61. The van der Waals surface area contributed by atoms with Crippen molar-refractivity contribution in [1.29, 1.82) is 0 Å². The lowest BCUT2D eigenvalue weighted by molar-refractivity contribution is 0.0530. The molecule has 0 saturated carbocycles. The molecule has 1 aliphatic rings. The van der Waals surface area contributed by atoms with Crippen LogP contribution in [-0.4, -0.2) is 23.6 Å². The first-order valence-corrected chi connectivity index (χ1v) is 9.51. The van der Waals surface area contributed by atoms with Gasteiger partial charge in [-0.05, 0) is 30.7 Å². The lowest BCUT2D eigenvalue weighted by Gasteiger charge is -2.29. The number of esters is 1. The van der Waals surface area contributed by atoms with Crippen molar-refractivity contribution in [3.05, 3.63) is 16.0 Å². The summed E-state index contributed by atoms with van der Waals surface area (Å²) in [6.07, 6.45) is 2.35. The molecule has 3 nitrogen and oxygen atoms in total. The van der Waals surface area contributed by atoms with Gasteiger partial charge in [-0.2, -0.15) is 0 Å². The number of carbonyl (C=O) groups is 2. The Labute approximate surface area is 140 Å². The van der Waals surface area contributed by atoms with Crippen LogP contribution in [0.25, 0.3) is 0 Å². The van der Waals surface area contributed by atoms with Gasteiger partial charge in [0.05, 0.1) is 10.8 Å². The Kier molecular flexibility index (Phi) is 5.38. The van der Waals surface area contributed by atoms with E-state index in [0.29, 0.717) is 23.2 Å². The quantitative estimate of drug-likeness (QED) is 0.560. The van der Waals surface area contributed by atoms with Crippen LogP contribution in [0.2, 0.25) is 0 Å². The Morgan fingerprint density at radius 3 is 2.64 bits per heavy atom. The molecule has 22 heavy (non-hydrogen) atoms. The molecule has 0 aromatic carbocycles. The maximum absolute atomic E-state index is 12.6. The van der Waals surface area contributed by atoms with E-state index >= 15 is 0 Å². The molecule has 0 N–H and O–H groups in total. The maximum Gasteiger partial charge on any atom is 0.348 e.